The maximum Gasteiger partial charge on any atom is 0.193 e. The molecule has 1 N–H and O–H groups in total. The number of hydrogen-bond donors (Lipinski definition) is 1. The second-order valence-electron chi connectivity index (χ2n) is 5.08. The first-order chi connectivity index (χ1) is 9.46. The molecule has 0 spiro atoms. The molecule has 2 heteroatoms. The number of benzene rings is 2. The zero-order valence-electron chi connectivity index (χ0n) is 11.6. The topological polar surface area (TPSA) is 37.3 Å². The Morgan fingerprint density at radius 1 is 0.950 bits per heavy atom. The number of rotatable bonds is 2. The standard InChI is InChI=1S/C18H16O2/c1-18(2,20)13-12-14-8-10-16(11-9-14)17(19)15-6-4-3-5-7-15/h3-11,20H,1-2H3. The Balaban J connectivity index is 2.20. The Morgan fingerprint density at radius 3 is 2.05 bits per heavy atom. The van der Waals surface area contributed by atoms with E-state index in [2.05, 4.69) is 11.8 Å². The van der Waals surface area contributed by atoms with Crippen molar-refractivity contribution in [2.24, 2.45) is 0 Å². The summed E-state index contributed by atoms with van der Waals surface area (Å²) < 4.78 is 0. The Labute approximate surface area is 119 Å². The molecule has 0 fully saturated rings. The van der Waals surface area contributed by atoms with Gasteiger partial charge in [0.05, 0.1) is 0 Å². The van der Waals surface area contributed by atoms with Crippen molar-refractivity contribution in [2.45, 2.75) is 19.4 Å². The highest BCUT2D eigenvalue weighted by molar-refractivity contribution is 6.08. The van der Waals surface area contributed by atoms with Gasteiger partial charge in [0, 0.05) is 16.7 Å². The van der Waals surface area contributed by atoms with E-state index in [1.165, 1.54) is 0 Å². The zero-order chi connectivity index (χ0) is 14.6. The van der Waals surface area contributed by atoms with Gasteiger partial charge in [-0.15, -0.1) is 0 Å². The molecule has 0 aliphatic rings. The van der Waals surface area contributed by atoms with E-state index >= 15 is 0 Å². The van der Waals surface area contributed by atoms with Crippen molar-refractivity contribution in [2.75, 3.05) is 0 Å². The van der Waals surface area contributed by atoms with E-state index in [0.29, 0.717) is 11.1 Å². The lowest BCUT2D eigenvalue weighted by molar-refractivity contribution is 0.103. The van der Waals surface area contributed by atoms with Gasteiger partial charge in [-0.25, -0.2) is 0 Å². The fraction of sp³-hybridized carbons (Fsp3) is 0.167. The molecule has 0 unspecified atom stereocenters. The van der Waals surface area contributed by atoms with E-state index in [0.717, 1.165) is 5.56 Å². The first-order valence-corrected chi connectivity index (χ1v) is 6.41. The molecular weight excluding hydrogens is 248 g/mol. The first kappa shape index (κ1) is 14.0. The summed E-state index contributed by atoms with van der Waals surface area (Å²) in [6, 6.07) is 16.2. The summed E-state index contributed by atoms with van der Waals surface area (Å²) in [5.41, 5.74) is 1.06. The van der Waals surface area contributed by atoms with E-state index < -0.39 is 5.60 Å². The van der Waals surface area contributed by atoms with Gasteiger partial charge in [-0.3, -0.25) is 4.79 Å². The van der Waals surface area contributed by atoms with Crippen LogP contribution in [-0.2, 0) is 0 Å². The van der Waals surface area contributed by atoms with Crippen LogP contribution in [0, 0.1) is 11.8 Å². The van der Waals surface area contributed by atoms with Crippen LogP contribution in [0.3, 0.4) is 0 Å². The Morgan fingerprint density at radius 2 is 1.50 bits per heavy atom. The Hall–Kier alpha value is -2.37. The normalized spacial score (nSPS) is 10.6. The molecule has 2 nitrogen and oxygen atoms in total. The molecule has 0 saturated carbocycles. The van der Waals surface area contributed by atoms with Crippen molar-refractivity contribution in [1.29, 1.82) is 0 Å². The molecule has 100 valence electrons. The predicted octanol–water partition coefficient (Wildman–Crippen LogP) is 3.04. The third-order valence-electron chi connectivity index (χ3n) is 2.70. The smallest absolute Gasteiger partial charge is 0.193 e. The maximum absolute atomic E-state index is 12.2. The first-order valence-electron chi connectivity index (χ1n) is 6.41. The van der Waals surface area contributed by atoms with Gasteiger partial charge in [-0.2, -0.15) is 0 Å². The van der Waals surface area contributed by atoms with E-state index in [-0.39, 0.29) is 5.78 Å². The van der Waals surface area contributed by atoms with Crippen LogP contribution in [0.2, 0.25) is 0 Å². The summed E-state index contributed by atoms with van der Waals surface area (Å²) in [7, 11) is 0. The van der Waals surface area contributed by atoms with E-state index in [1.807, 2.05) is 18.2 Å². The molecule has 0 bridgehead atoms. The van der Waals surface area contributed by atoms with Gasteiger partial charge in [0.15, 0.2) is 5.78 Å². The van der Waals surface area contributed by atoms with Crippen LogP contribution in [0.4, 0.5) is 0 Å². The lowest BCUT2D eigenvalue weighted by Crippen LogP contribution is -2.14. The lowest BCUT2D eigenvalue weighted by Gasteiger charge is -2.06. The van der Waals surface area contributed by atoms with Crippen LogP contribution in [0.1, 0.15) is 35.3 Å². The molecule has 2 aromatic rings. The van der Waals surface area contributed by atoms with Gasteiger partial charge in [-0.05, 0) is 38.1 Å². The average Bonchev–Trinajstić information content (AvgIpc) is 2.45. The van der Waals surface area contributed by atoms with Crippen molar-refractivity contribution >= 4 is 5.78 Å². The number of hydrogen-bond acceptors (Lipinski definition) is 2. The SMILES string of the molecule is CC(C)(O)C#Cc1ccc(C(=O)c2ccccc2)cc1. The summed E-state index contributed by atoms with van der Waals surface area (Å²) in [5, 5.41) is 9.54. The van der Waals surface area contributed by atoms with Gasteiger partial charge in [0.1, 0.15) is 5.60 Å². The van der Waals surface area contributed by atoms with Crippen molar-refractivity contribution in [3.05, 3.63) is 71.3 Å². The fourth-order valence-electron chi connectivity index (χ4n) is 1.69. The van der Waals surface area contributed by atoms with Crippen LogP contribution >= 0.6 is 0 Å². The molecular formula is C18H16O2. The van der Waals surface area contributed by atoms with Crippen LogP contribution in [-0.4, -0.2) is 16.5 Å². The quantitative estimate of drug-likeness (QED) is 0.668. The monoisotopic (exact) mass is 264 g/mol. The van der Waals surface area contributed by atoms with Gasteiger partial charge in [0.2, 0.25) is 0 Å². The van der Waals surface area contributed by atoms with Gasteiger partial charge < -0.3 is 5.11 Å². The number of carbonyl (C=O) groups is 1. The second kappa shape index (κ2) is 5.73. The summed E-state index contributed by atoms with van der Waals surface area (Å²) in [6.45, 7) is 3.26. The Kier molecular flexibility index (Phi) is 4.02. The van der Waals surface area contributed by atoms with Gasteiger partial charge in [-0.1, -0.05) is 42.2 Å². The minimum absolute atomic E-state index is 0.00685. The molecule has 0 atom stereocenters. The molecule has 0 amide bonds. The molecule has 0 radical (unpaired) electrons. The summed E-state index contributed by atoms with van der Waals surface area (Å²) in [6.07, 6.45) is 0. The third kappa shape index (κ3) is 3.81. The van der Waals surface area contributed by atoms with Crippen LogP contribution in [0.15, 0.2) is 54.6 Å². The number of aliphatic hydroxyl groups is 1. The van der Waals surface area contributed by atoms with E-state index in [1.54, 1.807) is 50.2 Å². The second-order valence-corrected chi connectivity index (χ2v) is 5.08. The predicted molar refractivity (Wildman–Crippen MR) is 79.5 cm³/mol. The largest absolute Gasteiger partial charge is 0.378 e. The Bertz CT molecular complexity index is 651. The highest BCUT2D eigenvalue weighted by atomic mass is 16.3. The van der Waals surface area contributed by atoms with Crippen LogP contribution in [0.5, 0.6) is 0 Å². The minimum atomic E-state index is -1.02. The van der Waals surface area contributed by atoms with Crippen molar-refractivity contribution < 1.29 is 9.90 Å². The van der Waals surface area contributed by atoms with Crippen LogP contribution in [0.25, 0.3) is 0 Å². The molecule has 0 aromatic heterocycles. The zero-order valence-corrected chi connectivity index (χ0v) is 11.6. The minimum Gasteiger partial charge on any atom is -0.378 e. The van der Waals surface area contributed by atoms with Crippen molar-refractivity contribution in [3.8, 4) is 11.8 Å². The molecule has 0 heterocycles. The van der Waals surface area contributed by atoms with Crippen LogP contribution < -0.4 is 0 Å². The highest BCUT2D eigenvalue weighted by Crippen LogP contribution is 2.11. The van der Waals surface area contributed by atoms with Gasteiger partial charge >= 0.3 is 0 Å². The number of carbonyl (C=O) groups excluding carboxylic acids is 1. The molecule has 0 aliphatic carbocycles. The highest BCUT2D eigenvalue weighted by Gasteiger charge is 2.08. The third-order valence-corrected chi connectivity index (χ3v) is 2.70. The summed E-state index contributed by atoms with van der Waals surface area (Å²) in [4.78, 5) is 12.2. The number of ketones is 1. The summed E-state index contributed by atoms with van der Waals surface area (Å²) in [5.74, 6) is 5.61. The molecule has 2 aromatic carbocycles. The van der Waals surface area contributed by atoms with E-state index in [4.69, 9.17) is 0 Å². The molecule has 0 aliphatic heterocycles. The molecule has 20 heavy (non-hydrogen) atoms. The maximum atomic E-state index is 12.2. The van der Waals surface area contributed by atoms with Gasteiger partial charge in [0.25, 0.3) is 0 Å². The van der Waals surface area contributed by atoms with Crippen molar-refractivity contribution in [1.82, 2.24) is 0 Å². The van der Waals surface area contributed by atoms with Crippen molar-refractivity contribution in [3.63, 3.8) is 0 Å². The molecule has 0 saturated heterocycles. The summed E-state index contributed by atoms with van der Waals surface area (Å²) >= 11 is 0. The molecule has 2 rings (SSSR count). The van der Waals surface area contributed by atoms with E-state index in [9.17, 15) is 9.90 Å². The average molecular weight is 264 g/mol. The lowest BCUT2D eigenvalue weighted by atomic mass is 10.0. The fourth-order valence-corrected chi connectivity index (χ4v) is 1.69.